The molecule has 2 atom stereocenters. The van der Waals surface area contributed by atoms with Gasteiger partial charge in [0.25, 0.3) is 0 Å². The molecule has 0 aliphatic heterocycles. The summed E-state index contributed by atoms with van der Waals surface area (Å²) in [6.07, 6.45) is 2.64. The molecule has 17 heavy (non-hydrogen) atoms. The number of hydrogen-bond donors (Lipinski definition) is 0. The highest BCUT2D eigenvalue weighted by molar-refractivity contribution is 8.14. The highest BCUT2D eigenvalue weighted by Crippen LogP contribution is 2.34. The van der Waals surface area contributed by atoms with E-state index in [1.54, 1.807) is 0 Å². The van der Waals surface area contributed by atoms with Crippen molar-refractivity contribution < 1.29 is 9.59 Å². The van der Waals surface area contributed by atoms with Crippen molar-refractivity contribution in [2.75, 3.05) is 0 Å². The van der Waals surface area contributed by atoms with Crippen molar-refractivity contribution in [3.05, 3.63) is 0 Å². The lowest BCUT2D eigenvalue weighted by atomic mass is 9.80. The van der Waals surface area contributed by atoms with Gasteiger partial charge in [0, 0.05) is 17.6 Å². The molecule has 0 bridgehead atoms. The summed E-state index contributed by atoms with van der Waals surface area (Å²) in [5.41, 5.74) is 0. The fourth-order valence-corrected chi connectivity index (χ4v) is 3.03. The number of thioether (sulfide) groups is 1. The number of nitrogens with zero attached hydrogens (tertiary/aromatic N) is 1. The Labute approximate surface area is 107 Å². The smallest absolute Gasteiger partial charge is 0.206 e. The van der Waals surface area contributed by atoms with E-state index in [9.17, 15) is 9.59 Å². The monoisotopic (exact) mass is 253 g/mol. The van der Waals surface area contributed by atoms with Crippen molar-refractivity contribution in [2.45, 2.75) is 51.2 Å². The predicted octanol–water partition coefficient (Wildman–Crippen LogP) is 2.94. The fraction of sp³-hybridized carbons (Fsp3) is 0.769. The molecule has 0 spiro atoms. The largest absolute Gasteiger partial charge is 0.300 e. The van der Waals surface area contributed by atoms with Crippen LogP contribution in [-0.4, -0.2) is 15.6 Å². The Hall–Kier alpha value is -0.820. The number of nitriles is 1. The van der Waals surface area contributed by atoms with Crippen LogP contribution in [0.4, 0.5) is 0 Å². The lowest BCUT2D eigenvalue weighted by Gasteiger charge is -2.26. The molecule has 2 unspecified atom stereocenters. The van der Waals surface area contributed by atoms with Gasteiger partial charge in [-0.15, -0.1) is 0 Å². The minimum atomic E-state index is -0.622. The lowest BCUT2D eigenvalue weighted by Crippen LogP contribution is -2.28. The third-order valence-electron chi connectivity index (χ3n) is 2.79. The molecule has 0 heterocycles. The maximum atomic E-state index is 12.0. The van der Waals surface area contributed by atoms with Gasteiger partial charge >= 0.3 is 0 Å². The summed E-state index contributed by atoms with van der Waals surface area (Å²) in [5.74, 6) is -0.498. The molecule has 0 amide bonds. The van der Waals surface area contributed by atoms with Crippen molar-refractivity contribution in [2.24, 2.45) is 11.8 Å². The summed E-state index contributed by atoms with van der Waals surface area (Å²) in [6, 6.07) is 2.09. The first-order chi connectivity index (χ1) is 7.83. The van der Waals surface area contributed by atoms with Gasteiger partial charge in [0.2, 0.25) is 5.12 Å². The van der Waals surface area contributed by atoms with Gasteiger partial charge in [0.15, 0.2) is 0 Å². The van der Waals surface area contributed by atoms with Crippen LogP contribution < -0.4 is 0 Å². The van der Waals surface area contributed by atoms with Crippen LogP contribution in [-0.2, 0) is 9.59 Å². The van der Waals surface area contributed by atoms with Crippen molar-refractivity contribution in [1.29, 1.82) is 5.26 Å². The SMILES string of the molecule is CC(C)(C)SC(=O)C(C#N)C1CCCC(=O)C1. The van der Waals surface area contributed by atoms with E-state index >= 15 is 0 Å². The number of Topliss-reactive ketones (excluding diaryl/α,β-unsaturated/α-hetero) is 1. The third kappa shape index (κ3) is 4.51. The lowest BCUT2D eigenvalue weighted by molar-refractivity contribution is -0.122. The first-order valence-electron chi connectivity index (χ1n) is 5.97. The van der Waals surface area contributed by atoms with Gasteiger partial charge in [-0.1, -0.05) is 32.5 Å². The summed E-state index contributed by atoms with van der Waals surface area (Å²) in [7, 11) is 0. The Bertz CT molecular complexity index is 351. The standard InChI is InChI=1S/C13H19NO2S/c1-13(2,3)17-12(16)11(8-14)9-5-4-6-10(15)7-9/h9,11H,4-7H2,1-3H3. The van der Waals surface area contributed by atoms with E-state index in [1.807, 2.05) is 20.8 Å². The van der Waals surface area contributed by atoms with Crippen LogP contribution in [0.3, 0.4) is 0 Å². The zero-order valence-corrected chi connectivity index (χ0v) is 11.5. The molecule has 1 rings (SSSR count). The second-order valence-electron chi connectivity index (χ2n) is 5.54. The Kier molecular flexibility index (Phi) is 4.76. The normalized spacial score (nSPS) is 22.9. The average Bonchev–Trinajstić information content (AvgIpc) is 2.15. The Morgan fingerprint density at radius 1 is 1.53 bits per heavy atom. The van der Waals surface area contributed by atoms with E-state index in [-0.39, 0.29) is 21.6 Å². The van der Waals surface area contributed by atoms with E-state index in [0.29, 0.717) is 12.8 Å². The molecule has 0 aromatic heterocycles. The van der Waals surface area contributed by atoms with Gasteiger partial charge in [0.1, 0.15) is 11.7 Å². The molecule has 0 radical (unpaired) electrons. The topological polar surface area (TPSA) is 57.9 Å². The van der Waals surface area contributed by atoms with E-state index < -0.39 is 5.92 Å². The van der Waals surface area contributed by atoms with E-state index in [1.165, 1.54) is 11.8 Å². The Morgan fingerprint density at radius 3 is 2.65 bits per heavy atom. The van der Waals surface area contributed by atoms with E-state index in [4.69, 9.17) is 5.26 Å². The maximum absolute atomic E-state index is 12.0. The van der Waals surface area contributed by atoms with Gasteiger partial charge in [-0.25, -0.2) is 0 Å². The van der Waals surface area contributed by atoms with Crippen molar-refractivity contribution >= 4 is 22.7 Å². The molecule has 0 N–H and O–H groups in total. The molecule has 4 heteroatoms. The highest BCUT2D eigenvalue weighted by atomic mass is 32.2. The van der Waals surface area contributed by atoms with Gasteiger partial charge < -0.3 is 0 Å². The molecule has 1 aliphatic carbocycles. The van der Waals surface area contributed by atoms with Crippen molar-refractivity contribution in [3.8, 4) is 6.07 Å². The zero-order valence-electron chi connectivity index (χ0n) is 10.7. The summed E-state index contributed by atoms with van der Waals surface area (Å²) < 4.78 is -0.176. The number of rotatable bonds is 2. The van der Waals surface area contributed by atoms with Crippen LogP contribution in [0.5, 0.6) is 0 Å². The Balaban J connectivity index is 2.68. The minimum Gasteiger partial charge on any atom is -0.300 e. The van der Waals surface area contributed by atoms with Crippen LogP contribution in [0, 0.1) is 23.2 Å². The Morgan fingerprint density at radius 2 is 2.18 bits per heavy atom. The number of hydrogen-bond acceptors (Lipinski definition) is 4. The van der Waals surface area contributed by atoms with Crippen molar-refractivity contribution in [1.82, 2.24) is 0 Å². The minimum absolute atomic E-state index is 0.0661. The van der Waals surface area contributed by atoms with Crippen LogP contribution in [0.25, 0.3) is 0 Å². The van der Waals surface area contributed by atoms with E-state index in [0.717, 1.165) is 12.8 Å². The van der Waals surface area contributed by atoms with Gasteiger partial charge in [-0.3, -0.25) is 9.59 Å². The third-order valence-corrected chi connectivity index (χ3v) is 3.86. The highest BCUT2D eigenvalue weighted by Gasteiger charge is 2.34. The molecule has 0 aromatic carbocycles. The summed E-state index contributed by atoms with van der Waals surface area (Å²) in [6.45, 7) is 5.86. The molecule has 1 saturated carbocycles. The van der Waals surface area contributed by atoms with Crippen LogP contribution >= 0.6 is 11.8 Å². The summed E-state index contributed by atoms with van der Waals surface area (Å²) >= 11 is 1.21. The van der Waals surface area contributed by atoms with Gasteiger partial charge in [-0.2, -0.15) is 5.26 Å². The maximum Gasteiger partial charge on any atom is 0.206 e. The fourth-order valence-electron chi connectivity index (χ4n) is 2.06. The second kappa shape index (κ2) is 5.68. The average molecular weight is 253 g/mol. The first kappa shape index (κ1) is 14.2. The molecule has 3 nitrogen and oxygen atoms in total. The quantitative estimate of drug-likeness (QED) is 0.759. The number of ketones is 1. The van der Waals surface area contributed by atoms with Crippen LogP contribution in [0.1, 0.15) is 46.5 Å². The molecule has 0 saturated heterocycles. The predicted molar refractivity (Wildman–Crippen MR) is 68.4 cm³/mol. The second-order valence-corrected chi connectivity index (χ2v) is 7.37. The zero-order chi connectivity index (χ0) is 13.1. The molecule has 1 fully saturated rings. The first-order valence-corrected chi connectivity index (χ1v) is 6.79. The number of carbonyl (C=O) groups excluding carboxylic acids is 2. The van der Waals surface area contributed by atoms with Crippen LogP contribution in [0.15, 0.2) is 0 Å². The molecule has 1 aliphatic rings. The van der Waals surface area contributed by atoms with Gasteiger partial charge in [0.05, 0.1) is 6.07 Å². The van der Waals surface area contributed by atoms with E-state index in [2.05, 4.69) is 6.07 Å². The summed E-state index contributed by atoms with van der Waals surface area (Å²) in [4.78, 5) is 23.4. The molecule has 94 valence electrons. The van der Waals surface area contributed by atoms with Crippen molar-refractivity contribution in [3.63, 3.8) is 0 Å². The molecule has 0 aromatic rings. The molecular weight excluding hydrogens is 234 g/mol. The number of carbonyl (C=O) groups is 2. The van der Waals surface area contributed by atoms with Crippen LogP contribution in [0.2, 0.25) is 0 Å². The summed E-state index contributed by atoms with van der Waals surface area (Å²) in [5, 5.41) is 9.05. The van der Waals surface area contributed by atoms with Gasteiger partial charge in [-0.05, 0) is 18.8 Å². The molecular formula is C13H19NO2S.